The van der Waals surface area contributed by atoms with Crippen LogP contribution in [0.4, 0.5) is 5.69 Å². The summed E-state index contributed by atoms with van der Waals surface area (Å²) in [6, 6.07) is 5.01. The number of halogens is 2. The Morgan fingerprint density at radius 3 is 2.90 bits per heavy atom. The van der Waals surface area contributed by atoms with Gasteiger partial charge in [-0.2, -0.15) is 0 Å². The van der Waals surface area contributed by atoms with E-state index in [-0.39, 0.29) is 11.9 Å². The van der Waals surface area contributed by atoms with Gasteiger partial charge >= 0.3 is 0 Å². The number of hydrogen-bond donors (Lipinski definition) is 2. The van der Waals surface area contributed by atoms with Gasteiger partial charge in [-0.1, -0.05) is 30.1 Å². The number of nitrogens with one attached hydrogen (secondary N) is 2. The number of piperidine rings is 1. The summed E-state index contributed by atoms with van der Waals surface area (Å²) in [4.78, 5) is 13.7. The van der Waals surface area contributed by atoms with Gasteiger partial charge in [0.05, 0.1) is 23.8 Å². The van der Waals surface area contributed by atoms with Gasteiger partial charge in [0.1, 0.15) is 0 Å². The Kier molecular flexibility index (Phi) is 5.30. The lowest BCUT2D eigenvalue weighted by molar-refractivity contribution is -0.922. The molecule has 2 N–H and O–H groups in total. The van der Waals surface area contributed by atoms with E-state index in [2.05, 4.69) is 12.2 Å². The van der Waals surface area contributed by atoms with Gasteiger partial charge in [0.2, 0.25) is 0 Å². The molecule has 2 rings (SSSR count). The number of anilines is 1. The molecule has 1 saturated heterocycles. The van der Waals surface area contributed by atoms with E-state index in [9.17, 15) is 4.79 Å². The van der Waals surface area contributed by atoms with Gasteiger partial charge < -0.3 is 10.2 Å². The van der Waals surface area contributed by atoms with E-state index in [1.807, 2.05) is 6.92 Å². The third-order valence-corrected chi connectivity index (χ3v) is 4.56. The molecule has 0 aromatic heterocycles. The summed E-state index contributed by atoms with van der Waals surface area (Å²) in [5.74, 6) is 0.682. The lowest BCUT2D eigenvalue weighted by Gasteiger charge is -2.31. The van der Waals surface area contributed by atoms with E-state index < -0.39 is 0 Å². The number of amides is 1. The Balaban J connectivity index is 2.02. The number of carbonyl (C=O) groups is 1. The van der Waals surface area contributed by atoms with Crippen molar-refractivity contribution < 1.29 is 9.69 Å². The molecule has 3 atom stereocenters. The van der Waals surface area contributed by atoms with Crippen molar-refractivity contribution in [3.8, 4) is 0 Å². The van der Waals surface area contributed by atoms with E-state index in [4.69, 9.17) is 23.2 Å². The molecule has 0 bridgehead atoms. The van der Waals surface area contributed by atoms with Crippen LogP contribution in [0, 0.1) is 5.92 Å². The molecule has 1 unspecified atom stereocenters. The van der Waals surface area contributed by atoms with Crippen molar-refractivity contribution >= 4 is 34.8 Å². The third kappa shape index (κ3) is 3.87. The Bertz CT molecular complexity index is 493. The standard InChI is InChI=1S/C15H20Cl2N2O/c1-10-4-3-7-19(9-10)11(2)15(20)18-14-8-12(16)5-6-13(14)17/h5-6,8,10-11H,3-4,7,9H2,1-2H3,(H,18,20)/p+1/t10-,11+/m1/s1. The van der Waals surface area contributed by atoms with Crippen molar-refractivity contribution in [2.45, 2.75) is 32.7 Å². The Morgan fingerprint density at radius 2 is 2.20 bits per heavy atom. The van der Waals surface area contributed by atoms with Crippen LogP contribution in [-0.4, -0.2) is 25.0 Å². The minimum Gasteiger partial charge on any atom is -0.325 e. The molecule has 1 aliphatic heterocycles. The summed E-state index contributed by atoms with van der Waals surface area (Å²) in [6.07, 6.45) is 2.45. The lowest BCUT2D eigenvalue weighted by atomic mass is 9.99. The molecular weight excluding hydrogens is 295 g/mol. The smallest absolute Gasteiger partial charge is 0.282 e. The van der Waals surface area contributed by atoms with E-state index in [0.29, 0.717) is 21.7 Å². The van der Waals surface area contributed by atoms with Crippen molar-refractivity contribution in [1.29, 1.82) is 0 Å². The molecule has 1 heterocycles. The van der Waals surface area contributed by atoms with Crippen molar-refractivity contribution in [3.63, 3.8) is 0 Å². The predicted molar refractivity (Wildman–Crippen MR) is 83.6 cm³/mol. The average Bonchev–Trinajstić information content (AvgIpc) is 2.42. The highest BCUT2D eigenvalue weighted by molar-refractivity contribution is 6.35. The maximum Gasteiger partial charge on any atom is 0.282 e. The topological polar surface area (TPSA) is 33.5 Å². The number of rotatable bonds is 3. The minimum atomic E-state index is -0.0761. The molecular formula is C15H21Cl2N2O+. The monoisotopic (exact) mass is 315 g/mol. The summed E-state index contributed by atoms with van der Waals surface area (Å²) < 4.78 is 0. The van der Waals surface area contributed by atoms with Crippen molar-refractivity contribution in [2.75, 3.05) is 18.4 Å². The highest BCUT2D eigenvalue weighted by Gasteiger charge is 2.29. The summed E-state index contributed by atoms with van der Waals surface area (Å²) in [5, 5.41) is 3.96. The van der Waals surface area contributed by atoms with Crippen LogP contribution in [0.2, 0.25) is 10.0 Å². The SMILES string of the molecule is C[C@@H]1CCC[NH+]([C@@H](C)C(=O)Nc2cc(Cl)ccc2Cl)C1. The van der Waals surface area contributed by atoms with Crippen LogP contribution in [0.1, 0.15) is 26.7 Å². The normalized spacial score (nSPS) is 24.2. The maximum absolute atomic E-state index is 12.3. The molecule has 5 heteroatoms. The quantitative estimate of drug-likeness (QED) is 0.883. The van der Waals surface area contributed by atoms with Crippen LogP contribution >= 0.6 is 23.2 Å². The Labute approximate surface area is 130 Å². The first-order valence-electron chi connectivity index (χ1n) is 7.08. The molecule has 20 heavy (non-hydrogen) atoms. The molecule has 0 radical (unpaired) electrons. The molecule has 1 fully saturated rings. The zero-order valence-electron chi connectivity index (χ0n) is 11.9. The molecule has 110 valence electrons. The fourth-order valence-corrected chi connectivity index (χ4v) is 3.08. The number of benzene rings is 1. The molecule has 1 aromatic rings. The highest BCUT2D eigenvalue weighted by Crippen LogP contribution is 2.25. The molecule has 1 aliphatic rings. The second-order valence-electron chi connectivity index (χ2n) is 5.69. The van der Waals surface area contributed by atoms with Crippen LogP contribution in [0.3, 0.4) is 0 Å². The van der Waals surface area contributed by atoms with E-state index in [1.165, 1.54) is 17.7 Å². The first-order chi connectivity index (χ1) is 9.47. The van der Waals surface area contributed by atoms with Gasteiger partial charge in [0.25, 0.3) is 5.91 Å². The molecule has 0 spiro atoms. The van der Waals surface area contributed by atoms with Crippen molar-refractivity contribution in [2.24, 2.45) is 5.92 Å². The van der Waals surface area contributed by atoms with Crippen LogP contribution < -0.4 is 10.2 Å². The zero-order chi connectivity index (χ0) is 14.7. The van der Waals surface area contributed by atoms with Gasteiger partial charge in [-0.3, -0.25) is 4.79 Å². The van der Waals surface area contributed by atoms with Gasteiger partial charge in [-0.05, 0) is 38.0 Å². The van der Waals surface area contributed by atoms with E-state index in [1.54, 1.807) is 18.2 Å². The Morgan fingerprint density at radius 1 is 1.45 bits per heavy atom. The fraction of sp³-hybridized carbons (Fsp3) is 0.533. The summed E-state index contributed by atoms with van der Waals surface area (Å²) in [6.45, 7) is 6.33. The van der Waals surface area contributed by atoms with Crippen molar-refractivity contribution in [3.05, 3.63) is 28.2 Å². The number of likely N-dealkylation sites (tertiary alicyclic amines) is 1. The zero-order valence-corrected chi connectivity index (χ0v) is 13.4. The molecule has 0 saturated carbocycles. The minimum absolute atomic E-state index is 0.00160. The van der Waals surface area contributed by atoms with Gasteiger partial charge in [-0.25, -0.2) is 0 Å². The maximum atomic E-state index is 12.3. The second kappa shape index (κ2) is 6.79. The molecule has 1 amide bonds. The van der Waals surface area contributed by atoms with Gasteiger partial charge in [0, 0.05) is 10.9 Å². The predicted octanol–water partition coefficient (Wildman–Crippen LogP) is 2.64. The summed E-state index contributed by atoms with van der Waals surface area (Å²) in [7, 11) is 0. The fourth-order valence-electron chi connectivity index (χ4n) is 2.74. The first-order valence-corrected chi connectivity index (χ1v) is 7.83. The molecule has 0 aliphatic carbocycles. The van der Waals surface area contributed by atoms with Crippen LogP contribution in [0.15, 0.2) is 18.2 Å². The first kappa shape index (κ1) is 15.6. The van der Waals surface area contributed by atoms with Crippen molar-refractivity contribution in [1.82, 2.24) is 0 Å². The van der Waals surface area contributed by atoms with E-state index in [0.717, 1.165) is 13.1 Å². The lowest BCUT2D eigenvalue weighted by Crippen LogP contribution is -3.17. The average molecular weight is 316 g/mol. The second-order valence-corrected chi connectivity index (χ2v) is 6.54. The molecule has 1 aromatic carbocycles. The third-order valence-electron chi connectivity index (χ3n) is 4.00. The Hall–Kier alpha value is -0.770. The van der Waals surface area contributed by atoms with E-state index >= 15 is 0 Å². The van der Waals surface area contributed by atoms with Gasteiger partial charge in [-0.15, -0.1) is 0 Å². The van der Waals surface area contributed by atoms with Crippen LogP contribution in [0.5, 0.6) is 0 Å². The largest absolute Gasteiger partial charge is 0.325 e. The summed E-state index contributed by atoms with van der Waals surface area (Å²) in [5.41, 5.74) is 0.584. The molecule has 3 nitrogen and oxygen atoms in total. The number of quaternary nitrogens is 1. The van der Waals surface area contributed by atoms with Gasteiger partial charge in [0.15, 0.2) is 6.04 Å². The number of carbonyl (C=O) groups excluding carboxylic acids is 1. The highest BCUT2D eigenvalue weighted by atomic mass is 35.5. The van der Waals surface area contributed by atoms with Crippen LogP contribution in [-0.2, 0) is 4.79 Å². The number of hydrogen-bond acceptors (Lipinski definition) is 1. The van der Waals surface area contributed by atoms with Crippen LogP contribution in [0.25, 0.3) is 0 Å². The summed E-state index contributed by atoms with van der Waals surface area (Å²) >= 11 is 12.0.